The Morgan fingerprint density at radius 1 is 1.56 bits per heavy atom. The van der Waals surface area contributed by atoms with E-state index in [0.717, 1.165) is 0 Å². The molecule has 1 nitrogen and oxygen atoms in total. The van der Waals surface area contributed by atoms with Gasteiger partial charge in [0, 0.05) is 6.04 Å². The zero-order valence-electron chi connectivity index (χ0n) is 5.52. The van der Waals surface area contributed by atoms with E-state index in [4.69, 9.17) is 0 Å². The quantitative estimate of drug-likeness (QED) is 0.276. The van der Waals surface area contributed by atoms with Crippen LogP contribution in [-0.4, -0.2) is 10.4 Å². The molecule has 0 spiro atoms. The summed E-state index contributed by atoms with van der Waals surface area (Å²) < 4.78 is 0.523. The number of hydrogen-bond acceptors (Lipinski definition) is 2. The van der Waals surface area contributed by atoms with Gasteiger partial charge in [0.2, 0.25) is 0 Å². The van der Waals surface area contributed by atoms with Crippen LogP contribution in [0.25, 0.3) is 0 Å². The van der Waals surface area contributed by atoms with Crippen LogP contribution >= 0.6 is 12.2 Å². The molecular weight excluding hydrogens is 161 g/mol. The van der Waals surface area contributed by atoms with E-state index in [1.54, 1.807) is 0 Å². The average molecular weight is 169 g/mol. The molecule has 0 aromatic carbocycles. The molecule has 0 aliphatic heterocycles. The second-order valence-electron chi connectivity index (χ2n) is 2.06. The summed E-state index contributed by atoms with van der Waals surface area (Å²) in [6, 6.07) is 0.611. The molecule has 0 atom stereocenters. The molecule has 4 heteroatoms. The molecule has 1 fully saturated rings. The predicted octanol–water partition coefficient (Wildman–Crippen LogP) is -2.04. The minimum atomic E-state index is 0. The molecule has 9 heavy (non-hydrogen) atoms. The largest absolute Gasteiger partial charge is 1.00 e. The Hall–Kier alpha value is 1.11. The third kappa shape index (κ3) is 3.73. The molecule has 46 valence electrons. The SMILES string of the molecule is S=C([S-])NC1CCC1.[Na+]. The van der Waals surface area contributed by atoms with Crippen molar-refractivity contribution in [3.63, 3.8) is 0 Å². The van der Waals surface area contributed by atoms with Crippen LogP contribution in [-0.2, 0) is 12.6 Å². The maximum atomic E-state index is 4.68. The number of hydrogen-bond donors (Lipinski definition) is 1. The van der Waals surface area contributed by atoms with Gasteiger partial charge in [0.15, 0.2) is 0 Å². The van der Waals surface area contributed by atoms with E-state index < -0.39 is 0 Å². The fourth-order valence-corrected chi connectivity index (χ4v) is 1.05. The summed E-state index contributed by atoms with van der Waals surface area (Å²) in [5.41, 5.74) is 0. The molecule has 0 saturated heterocycles. The van der Waals surface area contributed by atoms with Crippen molar-refractivity contribution in [1.29, 1.82) is 0 Å². The molecule has 1 rings (SSSR count). The smallest absolute Gasteiger partial charge is 0.412 e. The summed E-state index contributed by atoms with van der Waals surface area (Å²) in [6.07, 6.45) is 3.82. The fraction of sp³-hybridized carbons (Fsp3) is 0.800. The molecule has 0 aromatic heterocycles. The van der Waals surface area contributed by atoms with Crippen LogP contribution in [0.5, 0.6) is 0 Å². The van der Waals surface area contributed by atoms with E-state index in [-0.39, 0.29) is 29.6 Å². The summed E-state index contributed by atoms with van der Waals surface area (Å²) in [4.78, 5) is 0. The van der Waals surface area contributed by atoms with Crippen LogP contribution in [0.1, 0.15) is 19.3 Å². The number of nitrogens with one attached hydrogen (secondary N) is 1. The van der Waals surface area contributed by atoms with Gasteiger partial charge < -0.3 is 30.2 Å². The van der Waals surface area contributed by atoms with Crippen LogP contribution in [0.2, 0.25) is 0 Å². The first-order valence-electron chi connectivity index (χ1n) is 2.76. The first kappa shape index (κ1) is 10.1. The van der Waals surface area contributed by atoms with Crippen LogP contribution in [0, 0.1) is 0 Å². The Morgan fingerprint density at radius 3 is 2.22 bits per heavy atom. The van der Waals surface area contributed by atoms with Gasteiger partial charge in [-0.15, -0.1) is 0 Å². The van der Waals surface area contributed by atoms with Gasteiger partial charge in [-0.3, -0.25) is 0 Å². The summed E-state index contributed by atoms with van der Waals surface area (Å²) in [5, 5.41) is 3.03. The van der Waals surface area contributed by atoms with Gasteiger partial charge in [-0.05, 0) is 19.3 Å². The Bertz CT molecular complexity index is 103. The fourth-order valence-electron chi connectivity index (χ4n) is 0.719. The third-order valence-electron chi connectivity index (χ3n) is 1.43. The molecule has 0 aromatic rings. The molecule has 0 radical (unpaired) electrons. The first-order valence-corrected chi connectivity index (χ1v) is 3.58. The topological polar surface area (TPSA) is 12.0 Å². The zero-order valence-corrected chi connectivity index (χ0v) is 9.15. The maximum Gasteiger partial charge on any atom is 1.00 e. The summed E-state index contributed by atoms with van der Waals surface area (Å²) in [7, 11) is 0. The van der Waals surface area contributed by atoms with Gasteiger partial charge in [0.1, 0.15) is 0 Å². The number of rotatable bonds is 1. The van der Waals surface area contributed by atoms with Crippen LogP contribution in [0.3, 0.4) is 0 Å². The van der Waals surface area contributed by atoms with E-state index >= 15 is 0 Å². The maximum absolute atomic E-state index is 4.68. The molecule has 1 N–H and O–H groups in total. The van der Waals surface area contributed by atoms with Gasteiger partial charge >= 0.3 is 29.6 Å². The second-order valence-corrected chi connectivity index (χ2v) is 3.13. The molecular formula is C5H8NNaS2. The summed E-state index contributed by atoms with van der Waals surface area (Å²) >= 11 is 9.35. The van der Waals surface area contributed by atoms with Crippen LogP contribution in [0.15, 0.2) is 0 Å². The van der Waals surface area contributed by atoms with Crippen molar-refractivity contribution < 1.29 is 29.6 Å². The van der Waals surface area contributed by atoms with E-state index in [2.05, 4.69) is 30.2 Å². The third-order valence-corrected chi connectivity index (χ3v) is 1.66. The molecule has 0 amide bonds. The van der Waals surface area contributed by atoms with Gasteiger partial charge in [-0.1, -0.05) is 4.32 Å². The van der Waals surface area contributed by atoms with E-state index in [0.29, 0.717) is 10.4 Å². The van der Waals surface area contributed by atoms with Gasteiger partial charge in [-0.25, -0.2) is 0 Å². The van der Waals surface area contributed by atoms with Crippen molar-refractivity contribution in [2.75, 3.05) is 0 Å². The molecule has 0 heterocycles. The monoisotopic (exact) mass is 169 g/mol. The Kier molecular flexibility index (Phi) is 5.45. The van der Waals surface area contributed by atoms with Gasteiger partial charge in [0.25, 0.3) is 0 Å². The molecule has 0 bridgehead atoms. The van der Waals surface area contributed by atoms with Crippen molar-refractivity contribution in [2.45, 2.75) is 25.3 Å². The predicted molar refractivity (Wildman–Crippen MR) is 40.7 cm³/mol. The average Bonchev–Trinajstić information content (AvgIpc) is 1.55. The standard InChI is InChI=1S/C5H9NS2.Na/c7-5(8)6-4-2-1-3-4;/h4H,1-3H2,(H2,6,7,8);/q;+1/p-1. The van der Waals surface area contributed by atoms with E-state index in [1.165, 1.54) is 19.3 Å². The summed E-state index contributed by atoms with van der Waals surface area (Å²) in [5.74, 6) is 0. The minimum Gasteiger partial charge on any atom is -0.412 e. The Labute approximate surface area is 88.7 Å². The molecule has 1 aliphatic carbocycles. The molecule has 1 aliphatic rings. The first-order chi connectivity index (χ1) is 3.79. The van der Waals surface area contributed by atoms with Crippen molar-refractivity contribution in [3.8, 4) is 0 Å². The van der Waals surface area contributed by atoms with Crippen LogP contribution < -0.4 is 34.9 Å². The minimum absolute atomic E-state index is 0. The van der Waals surface area contributed by atoms with Gasteiger partial charge in [-0.2, -0.15) is 0 Å². The number of thiocarbonyl (C=S) groups is 1. The Morgan fingerprint density at radius 2 is 2.11 bits per heavy atom. The summed E-state index contributed by atoms with van der Waals surface area (Å²) in [6.45, 7) is 0. The van der Waals surface area contributed by atoms with Crippen LogP contribution in [0.4, 0.5) is 0 Å². The molecule has 1 saturated carbocycles. The second kappa shape index (κ2) is 4.85. The van der Waals surface area contributed by atoms with Crippen molar-refractivity contribution in [3.05, 3.63) is 0 Å². The van der Waals surface area contributed by atoms with E-state index in [1.807, 2.05) is 0 Å². The van der Waals surface area contributed by atoms with Gasteiger partial charge in [0.05, 0.1) is 0 Å². The molecule has 0 unspecified atom stereocenters. The Balaban J connectivity index is 0.000000640. The van der Waals surface area contributed by atoms with Crippen molar-refractivity contribution >= 4 is 29.2 Å². The zero-order chi connectivity index (χ0) is 5.98. The normalized spacial score (nSPS) is 17.3. The van der Waals surface area contributed by atoms with Crippen molar-refractivity contribution in [2.24, 2.45) is 0 Å². The van der Waals surface area contributed by atoms with E-state index in [9.17, 15) is 0 Å². The van der Waals surface area contributed by atoms with Crippen molar-refractivity contribution in [1.82, 2.24) is 5.32 Å².